The lowest BCUT2D eigenvalue weighted by molar-refractivity contribution is -0.142. The Bertz CT molecular complexity index is 203. The van der Waals surface area contributed by atoms with E-state index in [1.807, 2.05) is 0 Å². The number of carbonyl (C=O) groups excluding carboxylic acids is 1. The summed E-state index contributed by atoms with van der Waals surface area (Å²) >= 11 is 0. The Morgan fingerprint density at radius 1 is 1.62 bits per heavy atom. The molecule has 1 atom stereocenters. The minimum atomic E-state index is -0.968. The Morgan fingerprint density at radius 2 is 2.23 bits per heavy atom. The highest BCUT2D eigenvalue weighted by atomic mass is 31.1. The Balaban J connectivity index is 3.57. The van der Waals surface area contributed by atoms with Crippen molar-refractivity contribution in [1.29, 1.82) is 0 Å². The third-order valence-corrected chi connectivity index (χ3v) is 1.33. The fourth-order valence-electron chi connectivity index (χ4n) is 0.460. The van der Waals surface area contributed by atoms with Gasteiger partial charge in [-0.25, -0.2) is 9.36 Å². The summed E-state index contributed by atoms with van der Waals surface area (Å²) in [6, 6.07) is 0. The van der Waals surface area contributed by atoms with Crippen molar-refractivity contribution in [2.45, 2.75) is 13.0 Å². The average molecular weight is 206 g/mol. The molecule has 0 spiro atoms. The van der Waals surface area contributed by atoms with E-state index >= 15 is 0 Å². The predicted octanol–water partition coefficient (Wildman–Crippen LogP) is 0.690. The highest BCUT2D eigenvalue weighted by Crippen LogP contribution is 1.98. The number of ether oxygens (including phenoxy) is 1. The molecule has 74 valence electrons. The van der Waals surface area contributed by atoms with E-state index < -0.39 is 20.8 Å². The van der Waals surface area contributed by atoms with Crippen molar-refractivity contribution in [2.75, 3.05) is 13.2 Å². The molecule has 1 N–H and O–H groups in total. The number of hydrogen-bond acceptors (Lipinski definition) is 5. The van der Waals surface area contributed by atoms with Gasteiger partial charge in [-0.1, -0.05) is 6.58 Å². The molecule has 0 aromatic heterocycles. The van der Waals surface area contributed by atoms with E-state index in [-0.39, 0.29) is 18.8 Å². The van der Waals surface area contributed by atoms with Gasteiger partial charge in [0.2, 0.25) is 0 Å². The molecular weight excluding hydrogens is 195 g/mol. The lowest BCUT2D eigenvalue weighted by Gasteiger charge is -2.08. The lowest BCUT2D eigenvalue weighted by atomic mass is 10.3. The quantitative estimate of drug-likeness (QED) is 0.393. The first-order chi connectivity index (χ1) is 6.07. The van der Waals surface area contributed by atoms with Crippen LogP contribution in [0.15, 0.2) is 12.2 Å². The number of aliphatic hydroxyl groups excluding tert-OH is 1. The molecule has 0 aromatic rings. The summed E-state index contributed by atoms with van der Waals surface area (Å²) in [5.74, 6) is -0.571. The third kappa shape index (κ3) is 6.40. The SMILES string of the molecule is C=C(C)C(=O)OCC(O)COP=O. The summed E-state index contributed by atoms with van der Waals surface area (Å²) in [5.41, 5.74) is 0.259. The van der Waals surface area contributed by atoms with Crippen LogP contribution in [0.1, 0.15) is 6.92 Å². The van der Waals surface area contributed by atoms with E-state index in [2.05, 4.69) is 15.8 Å². The number of esters is 1. The first kappa shape index (κ1) is 12.2. The molecule has 0 aromatic carbocycles. The molecule has 0 heterocycles. The van der Waals surface area contributed by atoms with Crippen molar-refractivity contribution in [2.24, 2.45) is 0 Å². The van der Waals surface area contributed by atoms with Gasteiger partial charge in [0.05, 0.1) is 6.61 Å². The largest absolute Gasteiger partial charge is 0.460 e. The summed E-state index contributed by atoms with van der Waals surface area (Å²) in [4.78, 5) is 10.8. The molecule has 0 aliphatic heterocycles. The van der Waals surface area contributed by atoms with Crippen molar-refractivity contribution in [1.82, 2.24) is 0 Å². The van der Waals surface area contributed by atoms with E-state index in [4.69, 9.17) is 5.11 Å². The molecule has 1 unspecified atom stereocenters. The molecule has 0 rings (SSSR count). The molecule has 0 saturated heterocycles. The second-order valence-electron chi connectivity index (χ2n) is 2.40. The minimum Gasteiger partial charge on any atom is -0.460 e. The Kier molecular flexibility index (Phi) is 6.32. The minimum absolute atomic E-state index is 0.144. The van der Waals surface area contributed by atoms with Crippen molar-refractivity contribution < 1.29 is 23.7 Å². The maximum atomic E-state index is 10.8. The second kappa shape index (κ2) is 6.71. The highest BCUT2D eigenvalue weighted by molar-refractivity contribution is 7.17. The van der Waals surface area contributed by atoms with Gasteiger partial charge >= 0.3 is 14.7 Å². The van der Waals surface area contributed by atoms with Gasteiger partial charge in [0, 0.05) is 5.57 Å². The van der Waals surface area contributed by atoms with Crippen LogP contribution in [-0.2, 0) is 18.6 Å². The van der Waals surface area contributed by atoms with Crippen LogP contribution >= 0.6 is 8.69 Å². The van der Waals surface area contributed by atoms with Crippen molar-refractivity contribution >= 4 is 14.7 Å². The van der Waals surface area contributed by atoms with Crippen LogP contribution in [0.4, 0.5) is 0 Å². The molecule has 0 aliphatic carbocycles. The zero-order chi connectivity index (χ0) is 10.3. The van der Waals surface area contributed by atoms with Gasteiger partial charge in [0.25, 0.3) is 0 Å². The third-order valence-electron chi connectivity index (χ3n) is 1.07. The number of carbonyl (C=O) groups is 1. The fourth-order valence-corrected chi connectivity index (χ4v) is 0.693. The molecule has 0 saturated carbocycles. The van der Waals surface area contributed by atoms with Crippen LogP contribution in [0, 0.1) is 0 Å². The first-order valence-corrected chi connectivity index (χ1v) is 4.26. The van der Waals surface area contributed by atoms with Gasteiger partial charge in [-0.15, -0.1) is 0 Å². The molecule has 5 nitrogen and oxygen atoms in total. The molecule has 0 aliphatic rings. The first-order valence-electron chi connectivity index (χ1n) is 3.53. The number of aliphatic hydroxyl groups is 1. The van der Waals surface area contributed by atoms with Crippen LogP contribution in [0.3, 0.4) is 0 Å². The van der Waals surface area contributed by atoms with Crippen LogP contribution in [0.2, 0.25) is 0 Å². The smallest absolute Gasteiger partial charge is 0.333 e. The van der Waals surface area contributed by atoms with Crippen LogP contribution in [0.5, 0.6) is 0 Å². The summed E-state index contributed by atoms with van der Waals surface area (Å²) in [5, 5.41) is 9.04. The molecule has 0 fully saturated rings. The van der Waals surface area contributed by atoms with Gasteiger partial charge in [0.1, 0.15) is 12.7 Å². The summed E-state index contributed by atoms with van der Waals surface area (Å²) < 4.78 is 18.7. The monoisotopic (exact) mass is 206 g/mol. The van der Waals surface area contributed by atoms with Crippen LogP contribution in [0.25, 0.3) is 0 Å². The lowest BCUT2D eigenvalue weighted by Crippen LogP contribution is -2.22. The van der Waals surface area contributed by atoms with Gasteiger partial charge in [-0.05, 0) is 6.92 Å². The van der Waals surface area contributed by atoms with E-state index in [9.17, 15) is 9.36 Å². The van der Waals surface area contributed by atoms with Gasteiger partial charge < -0.3 is 9.84 Å². The molecule has 13 heavy (non-hydrogen) atoms. The number of rotatable bonds is 6. The van der Waals surface area contributed by atoms with E-state index in [1.165, 1.54) is 6.92 Å². The summed E-state index contributed by atoms with van der Waals surface area (Å²) in [6.45, 7) is 4.52. The standard InChI is InChI=1S/C7H11O5P/c1-5(2)7(9)11-3-6(8)4-12-13-10/h6,8H,1,3-4H2,2H3. The molecule has 0 amide bonds. The van der Waals surface area contributed by atoms with Crippen LogP contribution in [-0.4, -0.2) is 30.4 Å². The maximum Gasteiger partial charge on any atom is 0.333 e. The maximum absolute atomic E-state index is 10.8. The summed E-state index contributed by atoms with van der Waals surface area (Å²) in [7, 11) is -0.510. The molecule has 0 bridgehead atoms. The Morgan fingerprint density at radius 3 is 2.69 bits per heavy atom. The van der Waals surface area contributed by atoms with E-state index in [1.54, 1.807) is 0 Å². The van der Waals surface area contributed by atoms with Gasteiger partial charge in [-0.3, -0.25) is 4.52 Å². The van der Waals surface area contributed by atoms with Crippen molar-refractivity contribution in [3.8, 4) is 0 Å². The van der Waals surface area contributed by atoms with Crippen molar-refractivity contribution in [3.63, 3.8) is 0 Å². The second-order valence-corrected chi connectivity index (χ2v) is 2.81. The van der Waals surface area contributed by atoms with Gasteiger partial charge in [0.15, 0.2) is 0 Å². The topological polar surface area (TPSA) is 72.8 Å². The zero-order valence-electron chi connectivity index (χ0n) is 7.23. The fraction of sp³-hybridized carbons (Fsp3) is 0.571. The molecular formula is C7H11O5P. The molecule has 0 radical (unpaired) electrons. The summed E-state index contributed by atoms with van der Waals surface area (Å²) in [6.07, 6.45) is -0.968. The molecule has 6 heteroatoms. The normalized spacial score (nSPS) is 12.5. The number of hydrogen-bond donors (Lipinski definition) is 1. The van der Waals surface area contributed by atoms with Crippen LogP contribution < -0.4 is 0 Å². The Hall–Kier alpha value is -0.770. The van der Waals surface area contributed by atoms with Crippen molar-refractivity contribution in [3.05, 3.63) is 12.2 Å². The average Bonchev–Trinajstić information content (AvgIpc) is 2.10. The predicted molar refractivity (Wildman–Crippen MR) is 45.3 cm³/mol. The highest BCUT2D eigenvalue weighted by Gasteiger charge is 2.09. The van der Waals surface area contributed by atoms with E-state index in [0.717, 1.165) is 0 Å². The zero-order valence-corrected chi connectivity index (χ0v) is 8.12. The van der Waals surface area contributed by atoms with E-state index in [0.29, 0.717) is 0 Å². The Labute approximate surface area is 77.6 Å². The van der Waals surface area contributed by atoms with Gasteiger partial charge in [-0.2, -0.15) is 0 Å².